The van der Waals surface area contributed by atoms with E-state index in [-0.39, 0.29) is 17.7 Å². The number of rotatable bonds is 5. The second kappa shape index (κ2) is 6.84. The van der Waals surface area contributed by atoms with Gasteiger partial charge in [0.2, 0.25) is 5.91 Å². The fraction of sp³-hybridized carbons (Fsp3) is 0.529. The predicted molar refractivity (Wildman–Crippen MR) is 80.3 cm³/mol. The van der Waals surface area contributed by atoms with Crippen molar-refractivity contribution in [2.45, 2.75) is 31.2 Å². The Hall–Kier alpha value is -2.02. The molecule has 0 aromatic heterocycles. The first-order valence-electron chi connectivity index (χ1n) is 8.03. The van der Waals surface area contributed by atoms with Crippen LogP contribution in [0.3, 0.4) is 0 Å². The summed E-state index contributed by atoms with van der Waals surface area (Å²) < 4.78 is 31.6. The zero-order valence-corrected chi connectivity index (χ0v) is 13.0. The van der Waals surface area contributed by atoms with Gasteiger partial charge in [0.1, 0.15) is 6.04 Å². The predicted octanol–water partition coefficient (Wildman–Crippen LogP) is 2.06. The van der Waals surface area contributed by atoms with E-state index in [1.165, 1.54) is 6.07 Å². The van der Waals surface area contributed by atoms with E-state index in [2.05, 4.69) is 5.32 Å². The third kappa shape index (κ3) is 3.56. The molecular weight excluding hydrogens is 320 g/mol. The highest BCUT2D eigenvalue weighted by atomic mass is 19.2. The fourth-order valence-corrected chi connectivity index (χ4v) is 3.27. The minimum atomic E-state index is -1.08. The van der Waals surface area contributed by atoms with Crippen molar-refractivity contribution in [3.8, 4) is 0 Å². The summed E-state index contributed by atoms with van der Waals surface area (Å²) in [6.45, 7) is 0.923. The van der Waals surface area contributed by atoms with Crippen LogP contribution in [0.1, 0.15) is 30.7 Å². The second-order valence-corrected chi connectivity index (χ2v) is 6.42. The van der Waals surface area contributed by atoms with Crippen LogP contribution >= 0.6 is 0 Å². The van der Waals surface area contributed by atoms with Crippen molar-refractivity contribution < 1.29 is 28.2 Å². The molecule has 1 heterocycles. The lowest BCUT2D eigenvalue weighted by atomic mass is 9.93. The van der Waals surface area contributed by atoms with Crippen LogP contribution in [-0.2, 0) is 14.3 Å². The molecule has 1 saturated carbocycles. The van der Waals surface area contributed by atoms with Gasteiger partial charge in [0, 0.05) is 18.4 Å². The van der Waals surface area contributed by atoms with Crippen molar-refractivity contribution in [2.24, 2.45) is 11.8 Å². The molecule has 1 saturated heterocycles. The van der Waals surface area contributed by atoms with Crippen molar-refractivity contribution in [1.82, 2.24) is 5.32 Å². The van der Waals surface area contributed by atoms with E-state index in [1.54, 1.807) is 0 Å². The number of carbonyl (C=O) groups excluding carboxylic acids is 1. The lowest BCUT2D eigenvalue weighted by Crippen LogP contribution is -2.49. The minimum Gasteiger partial charge on any atom is -0.480 e. The van der Waals surface area contributed by atoms with E-state index in [0.717, 1.165) is 18.6 Å². The number of carbonyl (C=O) groups is 2. The summed E-state index contributed by atoms with van der Waals surface area (Å²) >= 11 is 0. The summed E-state index contributed by atoms with van der Waals surface area (Å²) in [5.74, 6) is -4.16. The molecule has 130 valence electrons. The highest BCUT2D eigenvalue weighted by Crippen LogP contribution is 2.47. The molecule has 2 aliphatic rings. The maximum atomic E-state index is 13.3. The topological polar surface area (TPSA) is 75.6 Å². The van der Waals surface area contributed by atoms with Gasteiger partial charge in [-0.05, 0) is 42.9 Å². The van der Waals surface area contributed by atoms with Crippen LogP contribution in [0.25, 0.3) is 0 Å². The van der Waals surface area contributed by atoms with Crippen molar-refractivity contribution in [3.63, 3.8) is 0 Å². The lowest BCUT2D eigenvalue weighted by molar-refractivity contribution is -0.145. The SMILES string of the molecule is O=C(NC(C(=O)O)C1CCCOC1)C1CC1c1ccc(F)c(F)c1. The fourth-order valence-electron chi connectivity index (χ4n) is 3.27. The maximum Gasteiger partial charge on any atom is 0.326 e. The number of ether oxygens (including phenoxy) is 1. The first kappa shape index (κ1) is 16.8. The van der Waals surface area contributed by atoms with Gasteiger partial charge in [-0.2, -0.15) is 0 Å². The molecule has 24 heavy (non-hydrogen) atoms. The van der Waals surface area contributed by atoms with Crippen molar-refractivity contribution >= 4 is 11.9 Å². The van der Waals surface area contributed by atoms with Gasteiger partial charge >= 0.3 is 5.97 Å². The van der Waals surface area contributed by atoms with Gasteiger partial charge in [0.15, 0.2) is 11.6 Å². The molecule has 2 N–H and O–H groups in total. The molecule has 1 aliphatic heterocycles. The number of hydrogen-bond acceptors (Lipinski definition) is 3. The number of carboxylic acids is 1. The summed E-state index contributed by atoms with van der Waals surface area (Å²) in [5.41, 5.74) is 0.557. The van der Waals surface area contributed by atoms with Gasteiger partial charge in [-0.3, -0.25) is 4.79 Å². The number of amides is 1. The summed E-state index contributed by atoms with van der Waals surface area (Å²) in [6.07, 6.45) is 1.96. The minimum absolute atomic E-state index is 0.197. The molecule has 4 atom stereocenters. The number of aliphatic carboxylic acids is 1. The standard InChI is InChI=1S/C17H19F2NO4/c18-13-4-3-9(6-14(13)19)11-7-12(11)16(21)20-15(17(22)23)10-2-1-5-24-8-10/h3-4,6,10-12,15H,1-2,5,7-8H2,(H,20,21)(H,22,23). The van der Waals surface area contributed by atoms with Gasteiger partial charge in [0.05, 0.1) is 6.61 Å². The van der Waals surface area contributed by atoms with Crippen molar-refractivity contribution in [1.29, 1.82) is 0 Å². The number of benzene rings is 1. The van der Waals surface area contributed by atoms with Gasteiger partial charge in [0.25, 0.3) is 0 Å². The van der Waals surface area contributed by atoms with Crippen LogP contribution in [-0.4, -0.2) is 36.2 Å². The largest absolute Gasteiger partial charge is 0.480 e. The quantitative estimate of drug-likeness (QED) is 0.861. The van der Waals surface area contributed by atoms with Gasteiger partial charge in [-0.15, -0.1) is 0 Å². The molecule has 4 unspecified atom stereocenters. The Morgan fingerprint density at radius 2 is 2.08 bits per heavy atom. The van der Waals surface area contributed by atoms with E-state index in [0.29, 0.717) is 31.6 Å². The van der Waals surface area contributed by atoms with Gasteiger partial charge < -0.3 is 15.2 Å². The Bertz CT molecular complexity index is 645. The molecule has 3 rings (SSSR count). The Labute approximate surface area is 138 Å². The monoisotopic (exact) mass is 339 g/mol. The molecule has 0 spiro atoms. The number of nitrogens with one attached hydrogen (secondary N) is 1. The lowest BCUT2D eigenvalue weighted by Gasteiger charge is -2.28. The first-order valence-corrected chi connectivity index (χ1v) is 8.03. The normalized spacial score (nSPS) is 27.3. The molecule has 1 aromatic carbocycles. The first-order chi connectivity index (χ1) is 11.5. The molecule has 1 amide bonds. The van der Waals surface area contributed by atoms with Gasteiger partial charge in [-0.25, -0.2) is 13.6 Å². The van der Waals surface area contributed by atoms with E-state index >= 15 is 0 Å². The van der Waals surface area contributed by atoms with Crippen LogP contribution in [0, 0.1) is 23.5 Å². The summed E-state index contributed by atoms with van der Waals surface area (Å²) in [4.78, 5) is 23.8. The molecule has 0 radical (unpaired) electrons. The van der Waals surface area contributed by atoms with Crippen LogP contribution in [0.2, 0.25) is 0 Å². The van der Waals surface area contributed by atoms with Crippen LogP contribution in [0.5, 0.6) is 0 Å². The Morgan fingerprint density at radius 1 is 1.29 bits per heavy atom. The van der Waals surface area contributed by atoms with Crippen molar-refractivity contribution in [3.05, 3.63) is 35.4 Å². The molecule has 0 bridgehead atoms. The third-order valence-corrected chi connectivity index (χ3v) is 4.73. The average molecular weight is 339 g/mol. The molecule has 5 nitrogen and oxygen atoms in total. The Balaban J connectivity index is 1.62. The summed E-state index contributed by atoms with van der Waals surface area (Å²) in [7, 11) is 0. The van der Waals surface area contributed by atoms with Crippen molar-refractivity contribution in [2.75, 3.05) is 13.2 Å². The number of carboxylic acid groups (broad SMARTS) is 1. The Morgan fingerprint density at radius 3 is 2.71 bits per heavy atom. The van der Waals surface area contributed by atoms with E-state index < -0.39 is 29.6 Å². The smallest absolute Gasteiger partial charge is 0.326 e. The molecular formula is C17H19F2NO4. The molecule has 7 heteroatoms. The zero-order valence-electron chi connectivity index (χ0n) is 13.0. The van der Waals surface area contributed by atoms with E-state index in [1.807, 2.05) is 0 Å². The zero-order chi connectivity index (χ0) is 17.3. The van der Waals surface area contributed by atoms with Crippen LogP contribution < -0.4 is 5.32 Å². The van der Waals surface area contributed by atoms with Crippen LogP contribution in [0.15, 0.2) is 18.2 Å². The highest BCUT2D eigenvalue weighted by molar-refractivity contribution is 5.87. The van der Waals surface area contributed by atoms with Gasteiger partial charge in [-0.1, -0.05) is 6.07 Å². The maximum absolute atomic E-state index is 13.3. The molecule has 1 aliphatic carbocycles. The summed E-state index contributed by atoms with van der Waals surface area (Å²) in [6, 6.07) is 2.61. The number of halogens is 2. The number of hydrogen-bond donors (Lipinski definition) is 2. The average Bonchev–Trinajstić information content (AvgIpc) is 3.36. The Kier molecular flexibility index (Phi) is 4.80. The third-order valence-electron chi connectivity index (χ3n) is 4.73. The summed E-state index contributed by atoms with van der Waals surface area (Å²) in [5, 5.41) is 12.0. The van der Waals surface area contributed by atoms with E-state index in [4.69, 9.17) is 4.74 Å². The molecule has 2 fully saturated rings. The second-order valence-electron chi connectivity index (χ2n) is 6.42. The van der Waals surface area contributed by atoms with E-state index in [9.17, 15) is 23.5 Å². The van der Waals surface area contributed by atoms with Crippen LogP contribution in [0.4, 0.5) is 8.78 Å². The molecule has 1 aromatic rings. The highest BCUT2D eigenvalue weighted by Gasteiger charge is 2.46.